The number of halogens is 1. The highest BCUT2D eigenvalue weighted by Crippen LogP contribution is 2.24. The molecule has 2 rings (SSSR count). The molecule has 28 heavy (non-hydrogen) atoms. The molecule has 8 nitrogen and oxygen atoms in total. The summed E-state index contributed by atoms with van der Waals surface area (Å²) in [5, 5.41) is 5.55. The maximum atomic E-state index is 12.2. The molecule has 0 radical (unpaired) electrons. The minimum atomic E-state index is -0.629. The average Bonchev–Trinajstić information content (AvgIpc) is 3.05. The van der Waals surface area contributed by atoms with E-state index in [0.29, 0.717) is 18.1 Å². The zero-order valence-electron chi connectivity index (χ0n) is 15.7. The van der Waals surface area contributed by atoms with E-state index in [4.69, 9.17) is 16.3 Å². The van der Waals surface area contributed by atoms with Gasteiger partial charge in [-0.1, -0.05) is 36.7 Å². The predicted molar refractivity (Wildman–Crippen MR) is 102 cm³/mol. The number of benzene rings is 1. The van der Waals surface area contributed by atoms with E-state index < -0.39 is 24.4 Å². The summed E-state index contributed by atoms with van der Waals surface area (Å²) in [6.45, 7) is 2.31. The molecule has 152 valence electrons. The molecule has 1 fully saturated rings. The van der Waals surface area contributed by atoms with Gasteiger partial charge in [-0.05, 0) is 18.1 Å². The first kappa shape index (κ1) is 21.7. The number of ether oxygens (including phenoxy) is 1. The third kappa shape index (κ3) is 6.53. The van der Waals surface area contributed by atoms with Gasteiger partial charge in [-0.2, -0.15) is 0 Å². The van der Waals surface area contributed by atoms with Crippen LogP contribution in [0.2, 0.25) is 5.02 Å². The molecule has 1 heterocycles. The summed E-state index contributed by atoms with van der Waals surface area (Å²) in [6, 6.07) is 7.19. The largest absolute Gasteiger partial charge is 0.455 e. The van der Waals surface area contributed by atoms with E-state index in [1.165, 1.54) is 0 Å². The molecule has 1 aromatic carbocycles. The number of nitrogens with one attached hydrogen (secondary N) is 2. The Kier molecular flexibility index (Phi) is 8.25. The Morgan fingerprint density at radius 3 is 2.68 bits per heavy atom. The van der Waals surface area contributed by atoms with Gasteiger partial charge in [0.25, 0.3) is 5.91 Å². The van der Waals surface area contributed by atoms with Crippen molar-refractivity contribution < 1.29 is 23.9 Å². The molecule has 1 saturated heterocycles. The van der Waals surface area contributed by atoms with Crippen LogP contribution in [0.5, 0.6) is 0 Å². The van der Waals surface area contributed by atoms with Gasteiger partial charge in [0, 0.05) is 31.1 Å². The molecule has 3 amide bonds. The van der Waals surface area contributed by atoms with Crippen LogP contribution in [0.3, 0.4) is 0 Å². The van der Waals surface area contributed by atoms with Crippen molar-refractivity contribution in [1.82, 2.24) is 15.5 Å². The van der Waals surface area contributed by atoms with Crippen LogP contribution in [0.1, 0.15) is 25.3 Å². The van der Waals surface area contributed by atoms with Crippen LogP contribution in [0.25, 0.3) is 0 Å². The van der Waals surface area contributed by atoms with Crippen LogP contribution in [0.4, 0.5) is 0 Å². The van der Waals surface area contributed by atoms with Gasteiger partial charge in [0.1, 0.15) is 0 Å². The van der Waals surface area contributed by atoms with E-state index in [1.807, 2.05) is 19.1 Å². The number of nitrogens with zero attached hydrogens (tertiary/aromatic N) is 1. The topological polar surface area (TPSA) is 105 Å². The Morgan fingerprint density at radius 2 is 1.96 bits per heavy atom. The first-order chi connectivity index (χ1) is 13.4. The highest BCUT2D eigenvalue weighted by atomic mass is 35.5. The highest BCUT2D eigenvalue weighted by molar-refractivity contribution is 6.31. The smallest absolute Gasteiger partial charge is 0.311 e. The molecule has 1 atom stereocenters. The van der Waals surface area contributed by atoms with Crippen molar-refractivity contribution >= 4 is 35.3 Å². The molecule has 0 bridgehead atoms. The van der Waals surface area contributed by atoms with Crippen molar-refractivity contribution in [3.63, 3.8) is 0 Å². The van der Waals surface area contributed by atoms with Crippen molar-refractivity contribution in [3.8, 4) is 0 Å². The summed E-state index contributed by atoms with van der Waals surface area (Å²) in [7, 11) is 0. The monoisotopic (exact) mass is 409 g/mol. The van der Waals surface area contributed by atoms with E-state index >= 15 is 0 Å². The van der Waals surface area contributed by atoms with E-state index in [1.54, 1.807) is 17.0 Å². The second-order valence-electron chi connectivity index (χ2n) is 6.50. The molecule has 2 N–H and O–H groups in total. The van der Waals surface area contributed by atoms with E-state index in [9.17, 15) is 19.2 Å². The Labute approximate surface area is 168 Å². The molecule has 0 aromatic heterocycles. The molecular weight excluding hydrogens is 386 g/mol. The molecule has 0 saturated carbocycles. The van der Waals surface area contributed by atoms with E-state index in [-0.39, 0.29) is 31.3 Å². The zero-order valence-corrected chi connectivity index (χ0v) is 16.5. The summed E-state index contributed by atoms with van der Waals surface area (Å²) in [5.41, 5.74) is 0.798. The number of likely N-dealkylation sites (tertiary alicyclic amines) is 1. The summed E-state index contributed by atoms with van der Waals surface area (Å²) in [6.07, 6.45) is 0.829. The lowest BCUT2D eigenvalue weighted by Gasteiger charge is -2.17. The fourth-order valence-electron chi connectivity index (χ4n) is 2.73. The third-order valence-electron chi connectivity index (χ3n) is 4.23. The van der Waals surface area contributed by atoms with Gasteiger partial charge in [0.05, 0.1) is 12.5 Å². The minimum absolute atomic E-state index is 0.0321. The van der Waals surface area contributed by atoms with Gasteiger partial charge in [0.2, 0.25) is 11.8 Å². The normalized spacial score (nSPS) is 16.0. The molecule has 0 spiro atoms. The lowest BCUT2D eigenvalue weighted by atomic mass is 10.1. The van der Waals surface area contributed by atoms with E-state index in [2.05, 4.69) is 10.6 Å². The molecule has 9 heteroatoms. The average molecular weight is 410 g/mol. The number of hydrogen-bond donors (Lipinski definition) is 2. The second kappa shape index (κ2) is 10.7. The number of hydrogen-bond acceptors (Lipinski definition) is 5. The number of amides is 3. The number of carbonyl (C=O) groups is 4. The predicted octanol–water partition coefficient (Wildman–Crippen LogP) is 0.874. The second-order valence-corrected chi connectivity index (χ2v) is 6.91. The first-order valence-corrected chi connectivity index (χ1v) is 9.49. The third-order valence-corrected chi connectivity index (χ3v) is 4.60. The van der Waals surface area contributed by atoms with Gasteiger partial charge < -0.3 is 20.3 Å². The highest BCUT2D eigenvalue weighted by Gasteiger charge is 2.35. The van der Waals surface area contributed by atoms with Gasteiger partial charge in [-0.15, -0.1) is 0 Å². The summed E-state index contributed by atoms with van der Waals surface area (Å²) < 4.78 is 4.98. The standard InChI is InChI=1S/C19H24ClN3O5/c1-2-7-21-16(24)9-22-17(25)12-28-19(27)14-8-18(26)23(11-14)10-13-5-3-4-6-15(13)20/h3-6,14H,2,7-12H2,1H3,(H,21,24)(H,22,25)/t14-/m1/s1. The van der Waals surface area contributed by atoms with Crippen molar-refractivity contribution in [2.45, 2.75) is 26.3 Å². The van der Waals surface area contributed by atoms with Crippen molar-refractivity contribution in [1.29, 1.82) is 0 Å². The Balaban J connectivity index is 1.74. The lowest BCUT2D eigenvalue weighted by molar-refractivity contribution is -0.152. The van der Waals surface area contributed by atoms with Crippen molar-refractivity contribution in [2.75, 3.05) is 26.2 Å². The van der Waals surface area contributed by atoms with Gasteiger partial charge in [-0.25, -0.2) is 0 Å². The molecule has 1 aliphatic heterocycles. The van der Waals surface area contributed by atoms with Gasteiger partial charge in [-0.3, -0.25) is 19.2 Å². The fourth-order valence-corrected chi connectivity index (χ4v) is 2.92. The zero-order chi connectivity index (χ0) is 20.5. The molecule has 1 aromatic rings. The Hall–Kier alpha value is -2.61. The van der Waals surface area contributed by atoms with Gasteiger partial charge in [0.15, 0.2) is 6.61 Å². The first-order valence-electron chi connectivity index (χ1n) is 9.12. The van der Waals surface area contributed by atoms with Crippen LogP contribution in [-0.2, 0) is 30.5 Å². The fraction of sp³-hybridized carbons (Fsp3) is 0.474. The summed E-state index contributed by atoms with van der Waals surface area (Å²) >= 11 is 6.11. The van der Waals surface area contributed by atoms with Gasteiger partial charge >= 0.3 is 5.97 Å². The van der Waals surface area contributed by atoms with Crippen molar-refractivity contribution in [3.05, 3.63) is 34.9 Å². The SMILES string of the molecule is CCCNC(=O)CNC(=O)COC(=O)[C@@H]1CC(=O)N(Cc2ccccc2Cl)C1. The summed E-state index contributed by atoms with van der Waals surface area (Å²) in [4.78, 5) is 49.0. The van der Waals surface area contributed by atoms with Crippen LogP contribution in [-0.4, -0.2) is 54.8 Å². The van der Waals surface area contributed by atoms with Crippen LogP contribution in [0.15, 0.2) is 24.3 Å². The summed E-state index contributed by atoms with van der Waals surface area (Å²) in [5.74, 6) is -2.29. The van der Waals surface area contributed by atoms with Crippen LogP contribution >= 0.6 is 11.6 Å². The molecule has 0 unspecified atom stereocenters. The molecule has 0 aliphatic carbocycles. The Bertz CT molecular complexity index is 740. The maximum absolute atomic E-state index is 12.2. The molecule has 1 aliphatic rings. The van der Waals surface area contributed by atoms with Crippen molar-refractivity contribution in [2.24, 2.45) is 5.92 Å². The lowest BCUT2D eigenvalue weighted by Crippen LogP contribution is -2.39. The van der Waals surface area contributed by atoms with Crippen LogP contribution < -0.4 is 10.6 Å². The maximum Gasteiger partial charge on any atom is 0.311 e. The molecular formula is C19H24ClN3O5. The van der Waals surface area contributed by atoms with E-state index in [0.717, 1.165) is 12.0 Å². The number of esters is 1. The Morgan fingerprint density at radius 1 is 1.21 bits per heavy atom. The van der Waals surface area contributed by atoms with Crippen LogP contribution in [0, 0.1) is 5.92 Å². The minimum Gasteiger partial charge on any atom is -0.455 e. The number of rotatable bonds is 9. The quantitative estimate of drug-likeness (QED) is 0.589. The number of carbonyl (C=O) groups excluding carboxylic acids is 4.